The predicted molar refractivity (Wildman–Crippen MR) is 82.3 cm³/mol. The maximum atomic E-state index is 12.5. The maximum absolute atomic E-state index is 12.5. The lowest BCUT2D eigenvalue weighted by molar-refractivity contribution is 0.189. The number of carbonyl (C=O) groups is 1. The van der Waals surface area contributed by atoms with Crippen LogP contribution in [0.25, 0.3) is 0 Å². The molecule has 2 atom stereocenters. The van der Waals surface area contributed by atoms with Crippen LogP contribution in [-0.2, 0) is 9.84 Å². The monoisotopic (exact) mass is 326 g/mol. The molecule has 2 aliphatic rings. The zero-order valence-electron chi connectivity index (χ0n) is 12.9. The van der Waals surface area contributed by atoms with Gasteiger partial charge in [-0.1, -0.05) is 0 Å². The third-order valence-corrected chi connectivity index (χ3v) is 6.36. The van der Waals surface area contributed by atoms with E-state index < -0.39 is 9.84 Å². The van der Waals surface area contributed by atoms with Crippen LogP contribution in [0.3, 0.4) is 0 Å². The van der Waals surface area contributed by atoms with E-state index in [9.17, 15) is 13.2 Å². The molecule has 2 aliphatic heterocycles. The molecule has 8 heteroatoms. The van der Waals surface area contributed by atoms with E-state index in [0.717, 1.165) is 29.8 Å². The fourth-order valence-electron chi connectivity index (χ4n) is 3.53. The number of likely N-dealkylation sites (tertiary alicyclic amines) is 1. The summed E-state index contributed by atoms with van der Waals surface area (Å²) in [7, 11) is -2.98. The second-order valence-electron chi connectivity index (χ2n) is 6.25. The van der Waals surface area contributed by atoms with Crippen molar-refractivity contribution in [2.75, 3.05) is 18.1 Å². The van der Waals surface area contributed by atoms with Crippen molar-refractivity contribution in [1.82, 2.24) is 20.4 Å². The number of aryl methyl sites for hydroxylation is 2. The lowest BCUT2D eigenvalue weighted by atomic mass is 10.0. The average Bonchev–Trinajstić information content (AvgIpc) is 3.10. The van der Waals surface area contributed by atoms with Gasteiger partial charge in [-0.05, 0) is 33.1 Å². The number of H-pyrrole nitrogens is 1. The van der Waals surface area contributed by atoms with Gasteiger partial charge in [0.25, 0.3) is 0 Å². The van der Waals surface area contributed by atoms with E-state index in [1.165, 1.54) is 0 Å². The number of aromatic amines is 1. The first-order valence-electron chi connectivity index (χ1n) is 7.66. The van der Waals surface area contributed by atoms with Crippen LogP contribution in [0.15, 0.2) is 0 Å². The molecule has 3 heterocycles. The van der Waals surface area contributed by atoms with Crippen LogP contribution in [0.2, 0.25) is 0 Å². The fourth-order valence-corrected chi connectivity index (χ4v) is 5.20. The van der Waals surface area contributed by atoms with Crippen LogP contribution in [0.4, 0.5) is 4.79 Å². The van der Waals surface area contributed by atoms with Crippen molar-refractivity contribution in [1.29, 1.82) is 0 Å². The summed E-state index contributed by atoms with van der Waals surface area (Å²) >= 11 is 0. The number of urea groups is 1. The highest BCUT2D eigenvalue weighted by Gasteiger charge is 2.35. The summed E-state index contributed by atoms with van der Waals surface area (Å²) in [5.74, 6) is 0.225. The van der Waals surface area contributed by atoms with Crippen LogP contribution >= 0.6 is 0 Å². The summed E-state index contributed by atoms with van der Waals surface area (Å²) in [6.45, 7) is 4.60. The fraction of sp³-hybridized carbons (Fsp3) is 0.714. The highest BCUT2D eigenvalue weighted by molar-refractivity contribution is 7.91. The van der Waals surface area contributed by atoms with Gasteiger partial charge >= 0.3 is 6.03 Å². The lowest BCUT2D eigenvalue weighted by Gasteiger charge is -2.27. The molecular formula is C14H22N4O3S. The van der Waals surface area contributed by atoms with Gasteiger partial charge in [0.2, 0.25) is 0 Å². The third kappa shape index (κ3) is 2.84. The largest absolute Gasteiger partial charge is 0.334 e. The number of nitrogens with one attached hydrogen (secondary N) is 2. The van der Waals surface area contributed by atoms with Gasteiger partial charge in [0.1, 0.15) is 0 Å². The van der Waals surface area contributed by atoms with Gasteiger partial charge in [0, 0.05) is 23.8 Å². The number of hydrogen-bond donors (Lipinski definition) is 2. The predicted octanol–water partition coefficient (Wildman–Crippen LogP) is 1.06. The Labute approximate surface area is 130 Å². The Balaban J connectivity index is 1.72. The number of hydrogen-bond acceptors (Lipinski definition) is 4. The van der Waals surface area contributed by atoms with Crippen molar-refractivity contribution in [3.8, 4) is 0 Å². The van der Waals surface area contributed by atoms with E-state index in [2.05, 4.69) is 15.5 Å². The molecule has 122 valence electrons. The Kier molecular flexibility index (Phi) is 3.88. The first-order chi connectivity index (χ1) is 10.4. The molecule has 2 amide bonds. The van der Waals surface area contributed by atoms with E-state index in [1.807, 2.05) is 18.7 Å². The van der Waals surface area contributed by atoms with Crippen molar-refractivity contribution in [3.05, 3.63) is 17.0 Å². The minimum absolute atomic E-state index is 0.0248. The van der Waals surface area contributed by atoms with Crippen LogP contribution in [-0.4, -0.2) is 53.6 Å². The first-order valence-corrected chi connectivity index (χ1v) is 9.48. The molecule has 1 aromatic rings. The number of sulfone groups is 1. The van der Waals surface area contributed by atoms with Gasteiger partial charge in [-0.25, -0.2) is 13.2 Å². The number of rotatable bonds is 2. The Morgan fingerprint density at radius 3 is 2.73 bits per heavy atom. The summed E-state index contributed by atoms with van der Waals surface area (Å²) in [6, 6.07) is -0.397. The minimum atomic E-state index is -2.98. The first kappa shape index (κ1) is 15.3. The highest BCUT2D eigenvalue weighted by atomic mass is 32.2. The van der Waals surface area contributed by atoms with Gasteiger partial charge < -0.3 is 10.2 Å². The SMILES string of the molecule is Cc1n[nH]c(C)c1[C@H]1CCCN1C(=O)N[C@H]1CCS(=O)(=O)C1. The molecule has 2 saturated heterocycles. The molecule has 0 saturated carbocycles. The molecule has 1 aromatic heterocycles. The van der Waals surface area contributed by atoms with Crippen molar-refractivity contribution in [3.63, 3.8) is 0 Å². The summed E-state index contributed by atoms with van der Waals surface area (Å²) < 4.78 is 23.0. The molecule has 2 fully saturated rings. The van der Waals surface area contributed by atoms with Gasteiger partial charge in [-0.3, -0.25) is 5.10 Å². The Morgan fingerprint density at radius 1 is 1.36 bits per heavy atom. The Bertz CT molecular complexity index is 663. The highest BCUT2D eigenvalue weighted by Crippen LogP contribution is 2.34. The standard InChI is InChI=1S/C14H22N4O3S/c1-9-13(10(2)17-16-9)12-4-3-6-18(12)14(19)15-11-5-7-22(20,21)8-11/h11-12H,3-8H2,1-2H3,(H,15,19)(H,16,17)/t11-,12+/m0/s1. The molecule has 0 aromatic carbocycles. The average molecular weight is 326 g/mol. The van der Waals surface area contributed by atoms with Crippen molar-refractivity contribution in [2.24, 2.45) is 0 Å². The van der Waals surface area contributed by atoms with Crippen LogP contribution < -0.4 is 5.32 Å². The van der Waals surface area contributed by atoms with Crippen molar-refractivity contribution >= 4 is 15.9 Å². The molecule has 0 spiro atoms. The summed E-state index contributed by atoms with van der Waals surface area (Å²) in [5.41, 5.74) is 3.00. The number of carbonyl (C=O) groups excluding carboxylic acids is 1. The van der Waals surface area contributed by atoms with E-state index in [1.54, 1.807) is 0 Å². The molecule has 2 N–H and O–H groups in total. The molecular weight excluding hydrogens is 304 g/mol. The second kappa shape index (κ2) is 5.57. The van der Waals surface area contributed by atoms with E-state index in [-0.39, 0.29) is 29.6 Å². The van der Waals surface area contributed by atoms with Crippen LogP contribution in [0.1, 0.15) is 42.3 Å². The number of aromatic nitrogens is 2. The van der Waals surface area contributed by atoms with Gasteiger partial charge in [-0.2, -0.15) is 5.10 Å². The quantitative estimate of drug-likeness (QED) is 0.849. The molecule has 3 rings (SSSR count). The summed E-state index contributed by atoms with van der Waals surface area (Å²) in [6.07, 6.45) is 2.37. The number of amides is 2. The Hall–Kier alpha value is -1.57. The minimum Gasteiger partial charge on any atom is -0.334 e. The van der Waals surface area contributed by atoms with Crippen LogP contribution in [0.5, 0.6) is 0 Å². The maximum Gasteiger partial charge on any atom is 0.318 e. The van der Waals surface area contributed by atoms with Gasteiger partial charge in [-0.15, -0.1) is 0 Å². The summed E-state index contributed by atoms with van der Waals surface area (Å²) in [5, 5.41) is 10.1. The molecule has 0 radical (unpaired) electrons. The molecule has 7 nitrogen and oxygen atoms in total. The zero-order valence-corrected chi connectivity index (χ0v) is 13.7. The zero-order chi connectivity index (χ0) is 15.9. The third-order valence-electron chi connectivity index (χ3n) is 4.59. The molecule has 0 bridgehead atoms. The van der Waals surface area contributed by atoms with Crippen molar-refractivity contribution < 1.29 is 13.2 Å². The Morgan fingerprint density at radius 2 is 2.14 bits per heavy atom. The smallest absolute Gasteiger partial charge is 0.318 e. The van der Waals surface area contributed by atoms with E-state index in [4.69, 9.17) is 0 Å². The number of nitrogens with zero attached hydrogens (tertiary/aromatic N) is 2. The molecule has 0 aliphatic carbocycles. The van der Waals surface area contributed by atoms with Crippen LogP contribution in [0, 0.1) is 13.8 Å². The molecule has 0 unspecified atom stereocenters. The lowest BCUT2D eigenvalue weighted by Crippen LogP contribution is -2.45. The van der Waals surface area contributed by atoms with Crippen molar-refractivity contribution in [2.45, 2.75) is 45.2 Å². The van der Waals surface area contributed by atoms with E-state index >= 15 is 0 Å². The summed E-state index contributed by atoms with van der Waals surface area (Å²) in [4.78, 5) is 14.3. The van der Waals surface area contributed by atoms with E-state index in [0.29, 0.717) is 13.0 Å². The van der Waals surface area contributed by atoms with Gasteiger partial charge in [0.15, 0.2) is 9.84 Å². The molecule has 22 heavy (non-hydrogen) atoms. The normalized spacial score (nSPS) is 27.3. The van der Waals surface area contributed by atoms with Gasteiger partial charge in [0.05, 0.1) is 23.2 Å². The second-order valence-corrected chi connectivity index (χ2v) is 8.48. The topological polar surface area (TPSA) is 95.2 Å².